The number of nitrogens with zero attached hydrogens (tertiary/aromatic N) is 2. The molecule has 0 spiro atoms. The minimum atomic E-state index is -0.568. The summed E-state index contributed by atoms with van der Waals surface area (Å²) in [4.78, 5) is 29.9. The van der Waals surface area contributed by atoms with Crippen molar-refractivity contribution in [2.45, 2.75) is 70.4 Å². The van der Waals surface area contributed by atoms with Crippen molar-refractivity contribution in [1.82, 2.24) is 9.80 Å². The number of ether oxygens (including phenoxy) is 1. The maximum atomic E-state index is 13.8. The number of carbonyl (C=O) groups is 2. The van der Waals surface area contributed by atoms with Crippen molar-refractivity contribution in [3.63, 3.8) is 0 Å². The number of aldehydes is 1. The molecule has 0 bridgehead atoms. The van der Waals surface area contributed by atoms with Gasteiger partial charge in [-0.15, -0.1) is 11.6 Å². The number of carbonyl (C=O) groups excluding carboxylic acids is 2. The van der Waals surface area contributed by atoms with Crippen LogP contribution in [0.3, 0.4) is 0 Å². The Balaban J connectivity index is 1.17. The standard InChI is InChI=1S/C33H43ClN2O3/c1-32-12-10-25(34)20-24(32)6-9-27-28(32)11-13-33(2)29(27)19-23(31(33)38)18-22-4-7-26(8-5-22)39-30(21-37)36-16-14-35(3)15-17-36/h4-8,18,21,25,27-30H,9-17,19-20H2,1-3H3/t25?,27-,28+,29+,30?,32+,33+/m1/s1. The van der Waals surface area contributed by atoms with Crippen molar-refractivity contribution in [1.29, 1.82) is 0 Å². The molecule has 0 aromatic heterocycles. The van der Waals surface area contributed by atoms with Crippen LogP contribution in [0.25, 0.3) is 6.08 Å². The first-order chi connectivity index (χ1) is 18.7. The number of allylic oxidation sites excluding steroid dienone is 3. The van der Waals surface area contributed by atoms with Gasteiger partial charge in [0.2, 0.25) is 6.23 Å². The molecule has 39 heavy (non-hydrogen) atoms. The van der Waals surface area contributed by atoms with E-state index < -0.39 is 6.23 Å². The van der Waals surface area contributed by atoms with Crippen LogP contribution < -0.4 is 4.74 Å². The molecule has 4 aliphatic carbocycles. The second kappa shape index (κ2) is 10.5. The smallest absolute Gasteiger partial charge is 0.209 e. The molecule has 1 aromatic rings. The monoisotopic (exact) mass is 550 g/mol. The van der Waals surface area contributed by atoms with E-state index in [1.165, 1.54) is 6.42 Å². The number of benzene rings is 1. The van der Waals surface area contributed by atoms with Gasteiger partial charge in [0.05, 0.1) is 0 Å². The molecule has 6 heteroatoms. The first-order valence-corrected chi connectivity index (χ1v) is 15.4. The molecule has 0 N–H and O–H groups in total. The summed E-state index contributed by atoms with van der Waals surface area (Å²) in [6, 6.07) is 7.86. The van der Waals surface area contributed by atoms with E-state index in [-0.39, 0.29) is 16.2 Å². The van der Waals surface area contributed by atoms with Crippen LogP contribution >= 0.6 is 11.6 Å². The first kappa shape index (κ1) is 27.2. The van der Waals surface area contributed by atoms with Gasteiger partial charge in [-0.1, -0.05) is 37.6 Å². The number of rotatable bonds is 5. The van der Waals surface area contributed by atoms with Crippen molar-refractivity contribution in [2.24, 2.45) is 28.6 Å². The fourth-order valence-corrected chi connectivity index (χ4v) is 8.94. The van der Waals surface area contributed by atoms with Gasteiger partial charge >= 0.3 is 0 Å². The molecule has 5 aliphatic rings. The lowest BCUT2D eigenvalue weighted by Crippen LogP contribution is -2.51. The van der Waals surface area contributed by atoms with E-state index in [2.05, 4.69) is 42.8 Å². The Kier molecular flexibility index (Phi) is 7.31. The molecular weight excluding hydrogens is 508 g/mol. The number of piperazine rings is 1. The van der Waals surface area contributed by atoms with E-state index in [1.54, 1.807) is 5.57 Å². The second-order valence-corrected chi connectivity index (χ2v) is 13.9. The van der Waals surface area contributed by atoms with Gasteiger partial charge in [0.15, 0.2) is 12.1 Å². The summed E-state index contributed by atoms with van der Waals surface area (Å²) in [7, 11) is 2.10. The van der Waals surface area contributed by atoms with Crippen molar-refractivity contribution in [3.05, 3.63) is 47.1 Å². The summed E-state index contributed by atoms with van der Waals surface area (Å²) >= 11 is 6.56. The molecule has 1 saturated heterocycles. The van der Waals surface area contributed by atoms with Gasteiger partial charge < -0.3 is 9.64 Å². The summed E-state index contributed by atoms with van der Waals surface area (Å²) in [6.07, 6.45) is 12.4. The largest absolute Gasteiger partial charge is 0.468 e. The van der Waals surface area contributed by atoms with Crippen LogP contribution in [-0.4, -0.2) is 66.7 Å². The van der Waals surface area contributed by atoms with Gasteiger partial charge in [-0.25, -0.2) is 0 Å². The number of ketones is 1. The first-order valence-electron chi connectivity index (χ1n) is 14.9. The summed E-state index contributed by atoms with van der Waals surface area (Å²) in [5.74, 6) is 2.68. The number of halogens is 1. The number of alkyl halides is 1. The van der Waals surface area contributed by atoms with Crippen LogP contribution in [0.15, 0.2) is 41.5 Å². The molecular formula is C33H43ClN2O3. The Bertz CT molecular complexity index is 1170. The average Bonchev–Trinajstić information content (AvgIpc) is 3.19. The molecule has 0 radical (unpaired) electrons. The lowest BCUT2D eigenvalue weighted by molar-refractivity contribution is -0.129. The topological polar surface area (TPSA) is 49.9 Å². The Morgan fingerprint density at radius 3 is 2.44 bits per heavy atom. The predicted molar refractivity (Wildman–Crippen MR) is 156 cm³/mol. The molecule has 0 amide bonds. The molecule has 1 aliphatic heterocycles. The molecule has 5 nitrogen and oxygen atoms in total. The third-order valence-corrected chi connectivity index (χ3v) is 11.5. The zero-order valence-electron chi connectivity index (χ0n) is 23.7. The van der Waals surface area contributed by atoms with Gasteiger partial charge in [0, 0.05) is 37.0 Å². The Morgan fingerprint density at radius 2 is 1.72 bits per heavy atom. The Morgan fingerprint density at radius 1 is 1.00 bits per heavy atom. The van der Waals surface area contributed by atoms with E-state index in [4.69, 9.17) is 16.3 Å². The van der Waals surface area contributed by atoms with Gasteiger partial charge in [-0.3, -0.25) is 14.5 Å². The van der Waals surface area contributed by atoms with Gasteiger partial charge in [0.25, 0.3) is 0 Å². The highest BCUT2D eigenvalue weighted by molar-refractivity contribution is 6.20. The summed E-state index contributed by atoms with van der Waals surface area (Å²) in [6.45, 7) is 8.22. The summed E-state index contributed by atoms with van der Waals surface area (Å²) in [5.41, 5.74) is 3.59. The molecule has 7 atom stereocenters. The van der Waals surface area contributed by atoms with E-state index in [0.29, 0.717) is 29.3 Å². The third-order valence-electron chi connectivity index (χ3n) is 11.2. The van der Waals surface area contributed by atoms with Crippen LogP contribution in [0.4, 0.5) is 0 Å². The highest BCUT2D eigenvalue weighted by Crippen LogP contribution is 2.65. The number of likely N-dealkylation sites (N-methyl/N-ethyl adjacent to an activating group) is 1. The minimum Gasteiger partial charge on any atom is -0.468 e. The van der Waals surface area contributed by atoms with E-state index in [1.807, 2.05) is 24.3 Å². The van der Waals surface area contributed by atoms with Crippen molar-refractivity contribution < 1.29 is 14.3 Å². The summed E-state index contributed by atoms with van der Waals surface area (Å²) in [5, 5.41) is 0.283. The minimum absolute atomic E-state index is 0.249. The SMILES string of the molecule is CN1CCN(C(C=O)Oc2ccc(C=C3C[C@H]4[C@@H]5CC=C6CC(Cl)CC[C@]6(C)[C@H]5CC[C@]4(C)C3=O)cc2)CC1. The molecule has 1 aromatic carbocycles. The highest BCUT2D eigenvalue weighted by Gasteiger charge is 2.59. The van der Waals surface area contributed by atoms with Crippen LogP contribution in [-0.2, 0) is 9.59 Å². The van der Waals surface area contributed by atoms with Gasteiger partial charge in [-0.2, -0.15) is 0 Å². The van der Waals surface area contributed by atoms with Crippen molar-refractivity contribution >= 4 is 29.7 Å². The predicted octanol–water partition coefficient (Wildman–Crippen LogP) is 5.97. The number of hydrogen-bond acceptors (Lipinski definition) is 5. The van der Waals surface area contributed by atoms with Crippen LogP contribution in [0.2, 0.25) is 0 Å². The van der Waals surface area contributed by atoms with E-state index in [9.17, 15) is 9.59 Å². The number of fused-ring (bicyclic) bond motifs is 5. The van der Waals surface area contributed by atoms with Crippen molar-refractivity contribution in [3.8, 4) is 5.75 Å². The lowest BCUT2D eigenvalue weighted by Gasteiger charge is -2.56. The maximum absolute atomic E-state index is 13.8. The molecule has 2 unspecified atom stereocenters. The molecule has 6 rings (SSSR count). The maximum Gasteiger partial charge on any atom is 0.209 e. The quantitative estimate of drug-likeness (QED) is 0.196. The molecule has 3 saturated carbocycles. The lowest BCUT2D eigenvalue weighted by atomic mass is 9.48. The molecule has 210 valence electrons. The Labute approximate surface area is 238 Å². The second-order valence-electron chi connectivity index (χ2n) is 13.3. The molecule has 1 heterocycles. The van der Waals surface area contributed by atoms with Gasteiger partial charge in [0.1, 0.15) is 5.75 Å². The zero-order valence-corrected chi connectivity index (χ0v) is 24.5. The fourth-order valence-electron chi connectivity index (χ4n) is 8.66. The molecule has 4 fully saturated rings. The van der Waals surface area contributed by atoms with Crippen LogP contribution in [0, 0.1) is 28.6 Å². The average molecular weight is 551 g/mol. The van der Waals surface area contributed by atoms with Crippen LogP contribution in [0.1, 0.15) is 64.4 Å². The highest BCUT2D eigenvalue weighted by atomic mass is 35.5. The fraction of sp³-hybridized carbons (Fsp3) is 0.636. The normalized spacial score (nSPS) is 38.9. The van der Waals surface area contributed by atoms with Crippen LogP contribution in [0.5, 0.6) is 5.75 Å². The number of Topliss-reactive ketones (excluding diaryl/α,β-unsaturated/α-hetero) is 1. The van der Waals surface area contributed by atoms with Gasteiger partial charge in [-0.05, 0) is 105 Å². The van der Waals surface area contributed by atoms with E-state index >= 15 is 0 Å². The van der Waals surface area contributed by atoms with Crippen molar-refractivity contribution in [2.75, 3.05) is 33.2 Å². The third kappa shape index (κ3) is 4.83. The Hall–Kier alpha value is -1.95. The number of hydrogen-bond donors (Lipinski definition) is 0. The summed E-state index contributed by atoms with van der Waals surface area (Å²) < 4.78 is 6.03. The zero-order chi connectivity index (χ0) is 27.4. The van der Waals surface area contributed by atoms with E-state index in [0.717, 1.165) is 82.1 Å².